The van der Waals surface area contributed by atoms with E-state index in [9.17, 15) is 0 Å². The molecular weight excluding hydrogens is 262 g/mol. The second-order valence-electron chi connectivity index (χ2n) is 6.93. The Hall–Kier alpha value is -0.800. The minimum Gasteiger partial charge on any atom is -0.466 e. The molecule has 2 saturated carbocycles. The molecule has 21 heavy (non-hydrogen) atoms. The first kappa shape index (κ1) is 15.1. The van der Waals surface area contributed by atoms with Crippen molar-refractivity contribution in [2.45, 2.75) is 78.0 Å². The molecule has 3 heteroatoms. The maximum Gasteiger partial charge on any atom is 0.105 e. The molecule has 3 nitrogen and oxygen atoms in total. The van der Waals surface area contributed by atoms with E-state index in [0.717, 1.165) is 24.5 Å². The first-order valence-electron chi connectivity index (χ1n) is 8.51. The van der Waals surface area contributed by atoms with Crippen LogP contribution in [0.2, 0.25) is 0 Å². The van der Waals surface area contributed by atoms with Gasteiger partial charge in [0.2, 0.25) is 0 Å². The summed E-state index contributed by atoms with van der Waals surface area (Å²) >= 11 is 0. The van der Waals surface area contributed by atoms with Gasteiger partial charge in [0.05, 0.1) is 6.10 Å². The quantitative estimate of drug-likeness (QED) is 0.879. The molecule has 0 aromatic carbocycles. The fourth-order valence-electron chi connectivity index (χ4n) is 4.59. The van der Waals surface area contributed by atoms with Gasteiger partial charge in [-0.15, -0.1) is 0 Å². The van der Waals surface area contributed by atoms with Crippen molar-refractivity contribution < 1.29 is 9.15 Å². The molecule has 3 rings (SSSR count). The van der Waals surface area contributed by atoms with Crippen LogP contribution in [0.4, 0.5) is 0 Å². The average Bonchev–Trinajstić information content (AvgIpc) is 3.06. The zero-order valence-corrected chi connectivity index (χ0v) is 13.9. The summed E-state index contributed by atoms with van der Waals surface area (Å²) in [5.41, 5.74) is 1.71. The highest BCUT2D eigenvalue weighted by Gasteiger charge is 2.56. The van der Waals surface area contributed by atoms with Gasteiger partial charge < -0.3 is 14.5 Å². The van der Waals surface area contributed by atoms with Crippen LogP contribution in [0.1, 0.15) is 69.1 Å². The second-order valence-corrected chi connectivity index (χ2v) is 6.93. The van der Waals surface area contributed by atoms with E-state index in [4.69, 9.17) is 9.15 Å². The molecule has 0 amide bonds. The Labute approximate surface area is 128 Å². The van der Waals surface area contributed by atoms with Crippen LogP contribution in [-0.2, 0) is 4.74 Å². The molecular formula is C18H29NO2. The van der Waals surface area contributed by atoms with Crippen LogP contribution < -0.4 is 5.32 Å². The summed E-state index contributed by atoms with van der Waals surface area (Å²) in [6.07, 6.45) is 7.01. The van der Waals surface area contributed by atoms with Gasteiger partial charge in [0.15, 0.2) is 0 Å². The van der Waals surface area contributed by atoms with Crippen molar-refractivity contribution in [3.05, 3.63) is 23.2 Å². The molecule has 118 valence electrons. The third-order valence-corrected chi connectivity index (χ3v) is 5.68. The number of nitrogens with one attached hydrogen (secondary N) is 1. The number of ether oxygens (including phenoxy) is 1. The van der Waals surface area contributed by atoms with Crippen LogP contribution in [0.5, 0.6) is 0 Å². The largest absolute Gasteiger partial charge is 0.466 e. The predicted molar refractivity (Wildman–Crippen MR) is 84.5 cm³/mol. The van der Waals surface area contributed by atoms with Gasteiger partial charge >= 0.3 is 0 Å². The van der Waals surface area contributed by atoms with E-state index in [1.807, 2.05) is 6.92 Å². The number of aryl methyl sites for hydroxylation is 2. The maximum absolute atomic E-state index is 6.00. The standard InChI is InChI=1S/C18H29NO2/c1-5-20-17-11-16(18(17)8-6-7-9-18)19-13(3)15-10-12(2)21-14(15)4/h10,13,16-17,19H,5-9,11H2,1-4H3. The zero-order valence-electron chi connectivity index (χ0n) is 13.9. The molecule has 2 aliphatic carbocycles. The third-order valence-electron chi connectivity index (χ3n) is 5.68. The molecule has 1 N–H and O–H groups in total. The number of hydrogen-bond acceptors (Lipinski definition) is 3. The first-order valence-corrected chi connectivity index (χ1v) is 8.51. The fourth-order valence-corrected chi connectivity index (χ4v) is 4.59. The van der Waals surface area contributed by atoms with E-state index < -0.39 is 0 Å². The second kappa shape index (κ2) is 5.77. The Morgan fingerprint density at radius 1 is 1.38 bits per heavy atom. The van der Waals surface area contributed by atoms with Gasteiger partial charge in [-0.05, 0) is 53.0 Å². The molecule has 0 radical (unpaired) electrons. The summed E-state index contributed by atoms with van der Waals surface area (Å²) in [6.45, 7) is 9.30. The van der Waals surface area contributed by atoms with E-state index in [-0.39, 0.29) is 0 Å². The highest BCUT2D eigenvalue weighted by Crippen LogP contribution is 2.55. The van der Waals surface area contributed by atoms with E-state index in [1.165, 1.54) is 31.2 Å². The minimum atomic E-state index is 0.354. The molecule has 0 aliphatic heterocycles. The molecule has 1 heterocycles. The van der Waals surface area contributed by atoms with Crippen LogP contribution in [0.3, 0.4) is 0 Å². The Morgan fingerprint density at radius 2 is 2.10 bits per heavy atom. The van der Waals surface area contributed by atoms with Crippen LogP contribution in [-0.4, -0.2) is 18.8 Å². The van der Waals surface area contributed by atoms with E-state index in [2.05, 4.69) is 32.2 Å². The third kappa shape index (κ3) is 2.55. The Bertz CT molecular complexity index is 487. The normalized spacial score (nSPS) is 28.8. The highest BCUT2D eigenvalue weighted by molar-refractivity contribution is 5.24. The monoisotopic (exact) mass is 291 g/mol. The molecule has 2 aliphatic rings. The van der Waals surface area contributed by atoms with Crippen molar-refractivity contribution in [3.8, 4) is 0 Å². The van der Waals surface area contributed by atoms with Gasteiger partial charge in [-0.1, -0.05) is 12.8 Å². The van der Waals surface area contributed by atoms with Gasteiger partial charge in [0.25, 0.3) is 0 Å². The van der Waals surface area contributed by atoms with Gasteiger partial charge in [0.1, 0.15) is 11.5 Å². The summed E-state index contributed by atoms with van der Waals surface area (Å²) in [4.78, 5) is 0. The Morgan fingerprint density at radius 3 is 2.67 bits per heavy atom. The zero-order chi connectivity index (χ0) is 15.0. The lowest BCUT2D eigenvalue weighted by molar-refractivity contribution is -0.132. The van der Waals surface area contributed by atoms with E-state index >= 15 is 0 Å². The molecule has 1 aromatic rings. The van der Waals surface area contributed by atoms with Crippen LogP contribution >= 0.6 is 0 Å². The molecule has 1 aromatic heterocycles. The Kier molecular flexibility index (Phi) is 4.15. The average molecular weight is 291 g/mol. The SMILES string of the molecule is CCOC1CC(NC(C)c2cc(C)oc2C)C12CCCC2. The van der Waals surface area contributed by atoms with Crippen molar-refractivity contribution in [1.82, 2.24) is 5.32 Å². The fraction of sp³-hybridized carbons (Fsp3) is 0.778. The molecule has 0 bridgehead atoms. The van der Waals surface area contributed by atoms with Gasteiger partial charge in [-0.3, -0.25) is 0 Å². The molecule has 0 saturated heterocycles. The van der Waals surface area contributed by atoms with Crippen molar-refractivity contribution >= 4 is 0 Å². The molecule has 2 fully saturated rings. The van der Waals surface area contributed by atoms with E-state index in [1.54, 1.807) is 0 Å². The molecule has 1 spiro atoms. The lowest BCUT2D eigenvalue weighted by Crippen LogP contribution is -2.63. The first-order chi connectivity index (χ1) is 10.1. The summed E-state index contributed by atoms with van der Waals surface area (Å²) < 4.78 is 11.7. The smallest absolute Gasteiger partial charge is 0.105 e. The van der Waals surface area contributed by atoms with Gasteiger partial charge in [0, 0.05) is 29.7 Å². The lowest BCUT2D eigenvalue weighted by Gasteiger charge is -2.55. The number of hydrogen-bond donors (Lipinski definition) is 1. The van der Waals surface area contributed by atoms with Crippen LogP contribution in [0, 0.1) is 19.3 Å². The topological polar surface area (TPSA) is 34.4 Å². The lowest BCUT2D eigenvalue weighted by atomic mass is 9.60. The van der Waals surface area contributed by atoms with Crippen molar-refractivity contribution in [2.24, 2.45) is 5.41 Å². The number of furan rings is 1. The number of rotatable bonds is 5. The molecule has 3 unspecified atom stereocenters. The summed E-state index contributed by atoms with van der Waals surface area (Å²) in [7, 11) is 0. The minimum absolute atomic E-state index is 0.354. The van der Waals surface area contributed by atoms with Gasteiger partial charge in [-0.2, -0.15) is 0 Å². The maximum atomic E-state index is 6.00. The summed E-state index contributed by atoms with van der Waals surface area (Å²) in [5.74, 6) is 2.06. The predicted octanol–water partition coefficient (Wildman–Crippen LogP) is 4.28. The summed E-state index contributed by atoms with van der Waals surface area (Å²) in [5, 5.41) is 3.87. The van der Waals surface area contributed by atoms with Crippen molar-refractivity contribution in [2.75, 3.05) is 6.61 Å². The summed E-state index contributed by atoms with van der Waals surface area (Å²) in [6, 6.07) is 3.13. The van der Waals surface area contributed by atoms with Crippen LogP contribution in [0.25, 0.3) is 0 Å². The van der Waals surface area contributed by atoms with Crippen molar-refractivity contribution in [3.63, 3.8) is 0 Å². The Balaban J connectivity index is 1.69. The van der Waals surface area contributed by atoms with E-state index in [0.29, 0.717) is 23.6 Å². The molecule has 3 atom stereocenters. The van der Waals surface area contributed by atoms with Gasteiger partial charge in [-0.25, -0.2) is 0 Å². The van der Waals surface area contributed by atoms with Crippen molar-refractivity contribution in [1.29, 1.82) is 0 Å². The highest BCUT2D eigenvalue weighted by atomic mass is 16.5. The van der Waals surface area contributed by atoms with Crippen LogP contribution in [0.15, 0.2) is 10.5 Å².